The Balaban J connectivity index is 2.34. The summed E-state index contributed by atoms with van der Waals surface area (Å²) in [6.45, 7) is 0.580. The van der Waals surface area contributed by atoms with Crippen molar-refractivity contribution in [1.82, 2.24) is 0 Å². The van der Waals surface area contributed by atoms with Crippen LogP contribution in [-0.4, -0.2) is 37.8 Å². The number of hydrogen-bond donors (Lipinski definition) is 0. The lowest BCUT2D eigenvalue weighted by Gasteiger charge is -2.22. The Hall–Kier alpha value is -1.89. The van der Waals surface area contributed by atoms with E-state index in [9.17, 15) is 48.3 Å². The third-order valence-electron chi connectivity index (χ3n) is 5.28. The Bertz CT molecular complexity index is 1320. The van der Waals surface area contributed by atoms with Gasteiger partial charge in [-0.25, -0.2) is 17.2 Å². The lowest BCUT2D eigenvalue weighted by Crippen LogP contribution is -2.25. The van der Waals surface area contributed by atoms with Gasteiger partial charge in [0.25, 0.3) is 5.92 Å². The van der Waals surface area contributed by atoms with Crippen LogP contribution < -0.4 is 0 Å². The number of Topliss-reactive ketones (excluding diaryl/α,β-unsaturated/α-hetero) is 1. The zero-order chi connectivity index (χ0) is 30.0. The molecule has 1 unspecified atom stereocenters. The molecule has 0 spiro atoms. The Morgan fingerprint density at radius 1 is 0.949 bits per heavy atom. The van der Waals surface area contributed by atoms with E-state index < -0.39 is 75.3 Å². The molecule has 2 rings (SSSR count). The lowest BCUT2D eigenvalue weighted by atomic mass is 9.91. The summed E-state index contributed by atoms with van der Waals surface area (Å²) in [6.07, 6.45) is -9.55. The second-order valence-electron chi connectivity index (χ2n) is 8.63. The van der Waals surface area contributed by atoms with Gasteiger partial charge in [0, 0.05) is 18.9 Å². The number of ketones is 1. The maximum atomic E-state index is 14.4. The molecule has 216 valence electrons. The first kappa shape index (κ1) is 33.3. The van der Waals surface area contributed by atoms with Crippen molar-refractivity contribution in [3.05, 3.63) is 73.7 Å². The van der Waals surface area contributed by atoms with E-state index in [1.54, 1.807) is 0 Å². The van der Waals surface area contributed by atoms with Gasteiger partial charge in [-0.05, 0) is 35.7 Å². The average molecular weight is 646 g/mol. The molecular weight excluding hydrogens is 627 g/mol. The van der Waals surface area contributed by atoms with Crippen LogP contribution in [0.4, 0.5) is 35.1 Å². The predicted molar refractivity (Wildman–Crippen MR) is 134 cm³/mol. The first-order valence-electron chi connectivity index (χ1n) is 10.8. The van der Waals surface area contributed by atoms with E-state index in [0.717, 1.165) is 36.4 Å². The Morgan fingerprint density at radius 2 is 1.51 bits per heavy atom. The Labute approximate surface area is 233 Å². The molecule has 0 aliphatic rings. The second-order valence-corrected chi connectivity index (χ2v) is 12.0. The fourth-order valence-electron chi connectivity index (χ4n) is 3.59. The van der Waals surface area contributed by atoms with Crippen molar-refractivity contribution in [3.8, 4) is 0 Å². The largest absolute Gasteiger partial charge is 0.417 e. The highest BCUT2D eigenvalue weighted by atomic mass is 35.5. The summed E-state index contributed by atoms with van der Waals surface area (Å²) >= 11 is 17.7. The van der Waals surface area contributed by atoms with Crippen LogP contribution in [0.1, 0.15) is 52.7 Å². The zero-order valence-corrected chi connectivity index (χ0v) is 22.8. The van der Waals surface area contributed by atoms with Crippen LogP contribution in [0, 0.1) is 0 Å². The second kappa shape index (κ2) is 12.3. The molecule has 0 saturated heterocycles. The monoisotopic (exact) mass is 644 g/mol. The maximum Gasteiger partial charge on any atom is 0.417 e. The van der Waals surface area contributed by atoms with E-state index in [4.69, 9.17) is 34.8 Å². The first-order valence-corrected chi connectivity index (χ1v) is 13.8. The molecule has 39 heavy (non-hydrogen) atoms. The third-order valence-corrected chi connectivity index (χ3v) is 8.16. The van der Waals surface area contributed by atoms with E-state index in [2.05, 4.69) is 0 Å². The molecule has 0 heterocycles. The van der Waals surface area contributed by atoms with Gasteiger partial charge in [-0.1, -0.05) is 59.1 Å². The van der Waals surface area contributed by atoms with E-state index >= 15 is 0 Å². The number of benzene rings is 2. The van der Waals surface area contributed by atoms with Gasteiger partial charge < -0.3 is 0 Å². The molecule has 0 N–H and O–H groups in total. The molecule has 0 aromatic heterocycles. The zero-order valence-electron chi connectivity index (χ0n) is 19.7. The van der Waals surface area contributed by atoms with Gasteiger partial charge in [-0.2, -0.15) is 26.3 Å². The molecular formula is C24H19Cl3F8O3S. The molecule has 0 fully saturated rings. The van der Waals surface area contributed by atoms with E-state index in [1.807, 2.05) is 0 Å². The molecule has 0 saturated carbocycles. The van der Waals surface area contributed by atoms with E-state index in [-0.39, 0.29) is 26.2 Å². The van der Waals surface area contributed by atoms with Gasteiger partial charge >= 0.3 is 12.4 Å². The fraction of sp³-hybridized carbons (Fsp3) is 0.375. The Kier molecular flexibility index (Phi) is 10.5. The maximum absolute atomic E-state index is 14.4. The van der Waals surface area contributed by atoms with Gasteiger partial charge in [0.05, 0.1) is 32.3 Å². The molecule has 3 nitrogen and oxygen atoms in total. The quantitative estimate of drug-likeness (QED) is 0.147. The molecule has 15 heteroatoms. The smallest absolute Gasteiger partial charge is 0.294 e. The number of allylic oxidation sites excluding steroid dienone is 1. The molecule has 1 atom stereocenters. The van der Waals surface area contributed by atoms with Crippen LogP contribution in [0.3, 0.4) is 0 Å². The number of halogens is 11. The molecule has 2 aromatic rings. The highest BCUT2D eigenvalue weighted by Crippen LogP contribution is 2.40. The first-order chi connectivity index (χ1) is 17.6. The minimum atomic E-state index is -5.07. The molecule has 0 bridgehead atoms. The van der Waals surface area contributed by atoms with Crippen molar-refractivity contribution in [1.29, 1.82) is 0 Å². The van der Waals surface area contributed by atoms with Gasteiger partial charge in [0.1, 0.15) is 5.75 Å². The molecule has 0 radical (unpaired) electrons. The minimum Gasteiger partial charge on any atom is -0.294 e. The van der Waals surface area contributed by atoms with Crippen molar-refractivity contribution < 1.29 is 48.3 Å². The minimum absolute atomic E-state index is 0.0681. The van der Waals surface area contributed by atoms with Crippen LogP contribution in [0.2, 0.25) is 15.1 Å². The van der Waals surface area contributed by atoms with Crippen LogP contribution in [0.15, 0.2) is 36.4 Å². The summed E-state index contributed by atoms with van der Waals surface area (Å²) in [5.74, 6) is -9.41. The molecule has 0 aliphatic carbocycles. The van der Waals surface area contributed by atoms with E-state index in [1.165, 1.54) is 0 Å². The highest BCUT2D eigenvalue weighted by molar-refractivity contribution is 7.91. The fourth-order valence-corrected chi connectivity index (χ4v) is 5.43. The highest BCUT2D eigenvalue weighted by Gasteiger charge is 2.37. The van der Waals surface area contributed by atoms with Crippen molar-refractivity contribution in [2.75, 3.05) is 11.5 Å². The van der Waals surface area contributed by atoms with Crippen molar-refractivity contribution in [2.45, 2.75) is 44.0 Å². The number of rotatable bonds is 10. The van der Waals surface area contributed by atoms with Crippen molar-refractivity contribution in [2.24, 2.45) is 0 Å². The summed E-state index contributed by atoms with van der Waals surface area (Å²) in [5, 5.41) is -0.303. The normalized spacial score (nSPS) is 14.2. The Morgan fingerprint density at radius 3 is 2.00 bits per heavy atom. The lowest BCUT2D eigenvalue weighted by molar-refractivity contribution is -0.138. The van der Waals surface area contributed by atoms with Crippen molar-refractivity contribution >= 4 is 56.5 Å². The molecule has 2 aromatic carbocycles. The summed E-state index contributed by atoms with van der Waals surface area (Å²) in [4.78, 5) is 12.4. The van der Waals surface area contributed by atoms with Gasteiger partial charge in [-0.3, -0.25) is 4.79 Å². The number of alkyl halides is 8. The van der Waals surface area contributed by atoms with Gasteiger partial charge in [-0.15, -0.1) is 0 Å². The number of carbonyl (C=O) groups excluding carboxylic acids is 1. The van der Waals surface area contributed by atoms with E-state index in [0.29, 0.717) is 13.0 Å². The third kappa shape index (κ3) is 9.91. The molecule has 0 aliphatic heterocycles. The number of hydrogen-bond acceptors (Lipinski definition) is 3. The summed E-state index contributed by atoms with van der Waals surface area (Å²) in [7, 11) is -4.61. The summed E-state index contributed by atoms with van der Waals surface area (Å²) in [6, 6.07) is 4.65. The molecule has 0 amide bonds. The van der Waals surface area contributed by atoms with Crippen LogP contribution in [-0.2, 0) is 16.0 Å². The standard InChI is InChI=1S/C24H19Cl3F8O3S/c1-22(28,29)16(14-10-18(25)21(27)19(26)11-14)7-5-13-4-6-15(17(9-13)24(33,34)35)20(36)3-2-8-39(37,38)12-23(30,31)32/h4-7,9-11,16H,2-3,8,12H2,1H3/b7-5+. The summed E-state index contributed by atoms with van der Waals surface area (Å²) < 4.78 is 130. The van der Waals surface area contributed by atoms with Gasteiger partial charge in [0.2, 0.25) is 0 Å². The predicted octanol–water partition coefficient (Wildman–Crippen LogP) is 9.06. The van der Waals surface area contributed by atoms with Crippen LogP contribution in [0.25, 0.3) is 6.08 Å². The van der Waals surface area contributed by atoms with Crippen molar-refractivity contribution in [3.63, 3.8) is 0 Å². The number of carbonyl (C=O) groups is 1. The number of sulfone groups is 1. The topological polar surface area (TPSA) is 51.2 Å². The average Bonchev–Trinajstić information content (AvgIpc) is 2.74. The summed E-state index contributed by atoms with van der Waals surface area (Å²) in [5.41, 5.74) is -2.54. The van der Waals surface area contributed by atoms with Gasteiger partial charge in [0.15, 0.2) is 15.6 Å². The van der Waals surface area contributed by atoms with Crippen LogP contribution in [0.5, 0.6) is 0 Å². The van der Waals surface area contributed by atoms with Crippen LogP contribution >= 0.6 is 34.8 Å². The SMILES string of the molecule is CC(F)(F)C(/C=C/c1ccc(C(=O)CCCS(=O)(=O)CC(F)(F)F)c(C(F)(F)F)c1)c1cc(Cl)c(Cl)c(Cl)c1.